The van der Waals surface area contributed by atoms with Gasteiger partial charge in [-0.2, -0.15) is 4.98 Å². The summed E-state index contributed by atoms with van der Waals surface area (Å²) in [5, 5.41) is 6.37. The van der Waals surface area contributed by atoms with Gasteiger partial charge in [-0.1, -0.05) is 12.8 Å². The van der Waals surface area contributed by atoms with Crippen LogP contribution < -0.4 is 20.4 Å². The van der Waals surface area contributed by atoms with Crippen molar-refractivity contribution >= 4 is 35.0 Å². The molecular formula is C27H37N7O2. The van der Waals surface area contributed by atoms with Gasteiger partial charge >= 0.3 is 0 Å². The summed E-state index contributed by atoms with van der Waals surface area (Å²) >= 11 is 0. The maximum absolute atomic E-state index is 12.6. The number of hydrogen-bond acceptors (Lipinski definition) is 7. The van der Waals surface area contributed by atoms with Gasteiger partial charge in [0.25, 0.3) is 5.91 Å². The van der Waals surface area contributed by atoms with E-state index in [-0.39, 0.29) is 11.8 Å². The Bertz CT molecular complexity index is 1110. The zero-order valence-corrected chi connectivity index (χ0v) is 21.4. The molecule has 9 nitrogen and oxygen atoms in total. The lowest BCUT2D eigenvalue weighted by Crippen LogP contribution is -2.34. The largest absolute Gasteiger partial charge is 0.351 e. The van der Waals surface area contributed by atoms with Gasteiger partial charge in [-0.15, -0.1) is 0 Å². The van der Waals surface area contributed by atoms with Gasteiger partial charge in [-0.05, 0) is 69.5 Å². The molecule has 1 aromatic carbocycles. The summed E-state index contributed by atoms with van der Waals surface area (Å²) in [5.41, 5.74) is 3.21. The number of aromatic nitrogens is 2. The molecule has 192 valence electrons. The predicted molar refractivity (Wildman–Crippen MR) is 142 cm³/mol. The number of rotatable bonds is 7. The number of carbonyl (C=O) groups is 2. The molecule has 0 atom stereocenters. The number of amides is 2. The fourth-order valence-corrected chi connectivity index (χ4v) is 5.57. The summed E-state index contributed by atoms with van der Waals surface area (Å²) in [6, 6.07) is 6.05. The molecule has 1 aromatic heterocycles. The van der Waals surface area contributed by atoms with E-state index in [2.05, 4.69) is 25.4 Å². The fraction of sp³-hybridized carbons (Fsp3) is 0.556. The molecule has 1 saturated heterocycles. The molecule has 5 rings (SSSR count). The third-order valence-corrected chi connectivity index (χ3v) is 7.74. The van der Waals surface area contributed by atoms with Crippen LogP contribution in [-0.2, 0) is 4.79 Å². The summed E-state index contributed by atoms with van der Waals surface area (Å²) in [6.07, 6.45) is 9.42. The van der Waals surface area contributed by atoms with Gasteiger partial charge in [0, 0.05) is 50.4 Å². The van der Waals surface area contributed by atoms with E-state index in [1.54, 1.807) is 18.1 Å². The monoisotopic (exact) mass is 491 g/mol. The smallest absolute Gasteiger partial charge is 0.251 e. The molecule has 0 unspecified atom stereocenters. The van der Waals surface area contributed by atoms with Crippen LogP contribution in [0.25, 0.3) is 0 Å². The van der Waals surface area contributed by atoms with E-state index < -0.39 is 0 Å². The molecule has 1 aliphatic carbocycles. The molecule has 3 heterocycles. The standard InChI is InChI=1S/C27H37N7O2/c1-19-17-20(26(36)28-12-16-33-13-5-6-14-33)9-10-22(19)30-27-29-18-23-25(31-27)34(21-7-3-4-8-21)15-11-24(35)32(23)2/h9-10,17-18,21H,3-8,11-16H2,1-2H3,(H,28,36)(H,29,30,31). The topological polar surface area (TPSA) is 93.7 Å². The summed E-state index contributed by atoms with van der Waals surface area (Å²) in [6.45, 7) is 6.48. The number of carbonyl (C=O) groups excluding carboxylic acids is 2. The van der Waals surface area contributed by atoms with E-state index in [9.17, 15) is 9.59 Å². The zero-order chi connectivity index (χ0) is 25.1. The van der Waals surface area contributed by atoms with E-state index in [0.29, 0.717) is 37.1 Å². The van der Waals surface area contributed by atoms with Crippen LogP contribution in [0.1, 0.15) is 60.9 Å². The molecule has 2 fully saturated rings. The summed E-state index contributed by atoms with van der Waals surface area (Å²) in [4.78, 5) is 41.0. The molecule has 0 spiro atoms. The lowest BCUT2D eigenvalue weighted by Gasteiger charge is -2.30. The molecule has 0 bridgehead atoms. The summed E-state index contributed by atoms with van der Waals surface area (Å²) < 4.78 is 0. The van der Waals surface area contributed by atoms with Gasteiger partial charge in [0.1, 0.15) is 5.69 Å². The number of fused-ring (bicyclic) bond motifs is 1. The van der Waals surface area contributed by atoms with E-state index >= 15 is 0 Å². The minimum atomic E-state index is -0.0509. The van der Waals surface area contributed by atoms with Crippen LogP contribution in [-0.4, -0.2) is 72.5 Å². The summed E-state index contributed by atoms with van der Waals surface area (Å²) in [7, 11) is 1.80. The highest BCUT2D eigenvalue weighted by Crippen LogP contribution is 2.36. The van der Waals surface area contributed by atoms with Gasteiger partial charge in [0.05, 0.1) is 6.20 Å². The van der Waals surface area contributed by atoms with Crippen LogP contribution in [0.4, 0.5) is 23.1 Å². The number of hydrogen-bond donors (Lipinski definition) is 2. The Morgan fingerprint density at radius 1 is 1.11 bits per heavy atom. The Morgan fingerprint density at radius 2 is 1.89 bits per heavy atom. The van der Waals surface area contributed by atoms with Crippen LogP contribution in [0.2, 0.25) is 0 Å². The van der Waals surface area contributed by atoms with Gasteiger partial charge < -0.3 is 25.3 Å². The maximum Gasteiger partial charge on any atom is 0.251 e. The van der Waals surface area contributed by atoms with Crippen molar-refractivity contribution in [3.8, 4) is 0 Å². The van der Waals surface area contributed by atoms with Crippen LogP contribution in [0, 0.1) is 6.92 Å². The first-order valence-electron chi connectivity index (χ1n) is 13.3. The molecule has 1 saturated carbocycles. The normalized spacial score (nSPS) is 18.9. The average molecular weight is 492 g/mol. The van der Waals surface area contributed by atoms with E-state index in [4.69, 9.17) is 4.98 Å². The fourth-order valence-electron chi connectivity index (χ4n) is 5.57. The lowest BCUT2D eigenvalue weighted by atomic mass is 10.1. The Balaban J connectivity index is 1.29. The highest BCUT2D eigenvalue weighted by Gasteiger charge is 2.31. The van der Waals surface area contributed by atoms with Crippen molar-refractivity contribution in [2.24, 2.45) is 0 Å². The van der Waals surface area contributed by atoms with Crippen molar-refractivity contribution in [1.29, 1.82) is 0 Å². The predicted octanol–water partition coefficient (Wildman–Crippen LogP) is 3.47. The lowest BCUT2D eigenvalue weighted by molar-refractivity contribution is -0.118. The Labute approximate surface area is 213 Å². The molecule has 36 heavy (non-hydrogen) atoms. The number of nitrogens with one attached hydrogen (secondary N) is 2. The summed E-state index contributed by atoms with van der Waals surface area (Å²) in [5.74, 6) is 1.35. The van der Waals surface area contributed by atoms with Crippen molar-refractivity contribution < 1.29 is 9.59 Å². The molecular weight excluding hydrogens is 454 g/mol. The SMILES string of the molecule is Cc1cc(C(=O)NCCN2CCCC2)ccc1Nc1ncc2c(n1)N(C1CCCC1)CCC(=O)N2C. The number of aryl methyl sites for hydroxylation is 1. The Morgan fingerprint density at radius 3 is 2.64 bits per heavy atom. The first-order valence-corrected chi connectivity index (χ1v) is 13.3. The van der Waals surface area contributed by atoms with Crippen molar-refractivity contribution in [2.75, 3.05) is 54.9 Å². The number of likely N-dealkylation sites (tertiary alicyclic amines) is 1. The number of anilines is 4. The highest BCUT2D eigenvalue weighted by molar-refractivity contribution is 5.97. The maximum atomic E-state index is 12.6. The molecule has 2 aliphatic heterocycles. The first kappa shape index (κ1) is 24.5. The quantitative estimate of drug-likeness (QED) is 0.613. The van der Waals surface area contributed by atoms with Crippen molar-refractivity contribution in [2.45, 2.75) is 57.9 Å². The second-order valence-electron chi connectivity index (χ2n) is 10.2. The minimum absolute atomic E-state index is 0.0509. The van der Waals surface area contributed by atoms with E-state index in [1.165, 1.54) is 25.7 Å². The average Bonchev–Trinajstić information content (AvgIpc) is 3.58. The molecule has 3 aliphatic rings. The van der Waals surface area contributed by atoms with Gasteiger partial charge in [-0.25, -0.2) is 4.98 Å². The van der Waals surface area contributed by atoms with Crippen LogP contribution >= 0.6 is 0 Å². The van der Waals surface area contributed by atoms with Crippen molar-refractivity contribution in [3.63, 3.8) is 0 Å². The first-order chi connectivity index (χ1) is 17.5. The van der Waals surface area contributed by atoms with Crippen molar-refractivity contribution in [3.05, 3.63) is 35.5 Å². The Kier molecular flexibility index (Phi) is 7.36. The van der Waals surface area contributed by atoms with E-state index in [0.717, 1.165) is 55.2 Å². The van der Waals surface area contributed by atoms with Crippen LogP contribution in [0.5, 0.6) is 0 Å². The molecule has 0 radical (unpaired) electrons. The van der Waals surface area contributed by atoms with Crippen LogP contribution in [0.15, 0.2) is 24.4 Å². The molecule has 2 N–H and O–H groups in total. The molecule has 2 aromatic rings. The van der Waals surface area contributed by atoms with Crippen molar-refractivity contribution in [1.82, 2.24) is 20.2 Å². The molecule has 2 amide bonds. The third-order valence-electron chi connectivity index (χ3n) is 7.74. The van der Waals surface area contributed by atoms with Gasteiger partial charge in [-0.3, -0.25) is 9.59 Å². The van der Waals surface area contributed by atoms with E-state index in [1.807, 2.05) is 25.1 Å². The van der Waals surface area contributed by atoms with Gasteiger partial charge in [0.2, 0.25) is 11.9 Å². The highest BCUT2D eigenvalue weighted by atomic mass is 16.2. The number of benzene rings is 1. The second-order valence-corrected chi connectivity index (χ2v) is 10.2. The minimum Gasteiger partial charge on any atom is -0.351 e. The third kappa shape index (κ3) is 5.31. The zero-order valence-electron chi connectivity index (χ0n) is 21.4. The van der Waals surface area contributed by atoms with Gasteiger partial charge in [0.15, 0.2) is 5.82 Å². The van der Waals surface area contributed by atoms with Crippen LogP contribution in [0.3, 0.4) is 0 Å². The molecule has 9 heteroatoms. The Hall–Kier alpha value is -3.20. The number of nitrogens with zero attached hydrogens (tertiary/aromatic N) is 5. The second kappa shape index (κ2) is 10.8.